The van der Waals surface area contributed by atoms with E-state index >= 15 is 0 Å². The van der Waals surface area contributed by atoms with E-state index in [-0.39, 0.29) is 0 Å². The number of piperazine rings is 1. The zero-order valence-corrected chi connectivity index (χ0v) is 13.7. The van der Waals surface area contributed by atoms with Crippen molar-refractivity contribution in [1.29, 1.82) is 0 Å². The number of hydrogen-bond acceptors (Lipinski definition) is 3. The predicted molar refractivity (Wildman–Crippen MR) is 85.2 cm³/mol. The van der Waals surface area contributed by atoms with Crippen LogP contribution in [0.5, 0.6) is 5.75 Å². The van der Waals surface area contributed by atoms with Crippen molar-refractivity contribution in [1.82, 2.24) is 10.2 Å². The first-order chi connectivity index (χ1) is 9.71. The second-order valence-electron chi connectivity index (χ2n) is 6.08. The summed E-state index contributed by atoms with van der Waals surface area (Å²) in [6, 6.07) is 6.24. The fraction of sp³-hybridized carbons (Fsp3) is 0.625. The molecule has 3 nitrogen and oxygen atoms in total. The summed E-state index contributed by atoms with van der Waals surface area (Å²) >= 11 is 3.66. The third-order valence-electron chi connectivity index (χ3n) is 4.66. The number of nitrogens with one attached hydrogen (secondary N) is 1. The molecular formula is C16H23BrN2O. The maximum Gasteiger partial charge on any atom is 0.119 e. The Kier molecular flexibility index (Phi) is 4.34. The van der Waals surface area contributed by atoms with Gasteiger partial charge in [0.05, 0.1) is 7.11 Å². The van der Waals surface area contributed by atoms with Crippen molar-refractivity contribution < 1.29 is 4.74 Å². The highest BCUT2D eigenvalue weighted by Gasteiger charge is 2.37. The SMILES string of the molecule is COc1ccc(Br)c(CN2CCNC3(CCCC3)C2)c1. The smallest absolute Gasteiger partial charge is 0.119 e. The predicted octanol–water partition coefficient (Wildman–Crippen LogP) is 3.18. The van der Waals surface area contributed by atoms with Gasteiger partial charge in [0.2, 0.25) is 0 Å². The van der Waals surface area contributed by atoms with E-state index in [4.69, 9.17) is 4.74 Å². The molecule has 0 aromatic heterocycles. The molecule has 0 unspecified atom stereocenters. The second-order valence-corrected chi connectivity index (χ2v) is 6.94. The van der Waals surface area contributed by atoms with Crippen LogP contribution in [0.1, 0.15) is 31.2 Å². The fourth-order valence-electron chi connectivity index (χ4n) is 3.60. The lowest BCUT2D eigenvalue weighted by Gasteiger charge is -2.41. The fourth-order valence-corrected chi connectivity index (χ4v) is 3.98. The minimum Gasteiger partial charge on any atom is -0.497 e. The first-order valence-corrected chi connectivity index (χ1v) is 8.30. The van der Waals surface area contributed by atoms with Crippen LogP contribution in [0.4, 0.5) is 0 Å². The molecule has 0 bridgehead atoms. The molecule has 1 saturated heterocycles. The summed E-state index contributed by atoms with van der Waals surface area (Å²) in [5, 5.41) is 3.77. The minimum absolute atomic E-state index is 0.392. The Labute approximate surface area is 129 Å². The Morgan fingerprint density at radius 2 is 2.15 bits per heavy atom. The van der Waals surface area contributed by atoms with Crippen molar-refractivity contribution in [2.45, 2.75) is 37.8 Å². The quantitative estimate of drug-likeness (QED) is 0.915. The zero-order valence-electron chi connectivity index (χ0n) is 12.1. The number of methoxy groups -OCH3 is 1. The number of rotatable bonds is 3. The van der Waals surface area contributed by atoms with Crippen LogP contribution in [0.2, 0.25) is 0 Å². The molecule has 4 heteroatoms. The van der Waals surface area contributed by atoms with E-state index in [2.05, 4.69) is 38.3 Å². The van der Waals surface area contributed by atoms with Gasteiger partial charge in [0.15, 0.2) is 0 Å². The van der Waals surface area contributed by atoms with E-state index < -0.39 is 0 Å². The standard InChI is InChI=1S/C16H23BrN2O/c1-20-14-4-5-15(17)13(10-14)11-19-9-8-18-16(12-19)6-2-3-7-16/h4-5,10,18H,2-3,6-9,11-12H2,1H3. The lowest BCUT2D eigenvalue weighted by Crippen LogP contribution is -2.58. The molecule has 1 heterocycles. The molecule has 1 saturated carbocycles. The van der Waals surface area contributed by atoms with Gasteiger partial charge in [-0.1, -0.05) is 28.8 Å². The van der Waals surface area contributed by atoms with Crippen molar-refractivity contribution >= 4 is 15.9 Å². The highest BCUT2D eigenvalue weighted by Crippen LogP contribution is 2.33. The number of benzene rings is 1. The number of hydrogen-bond donors (Lipinski definition) is 1. The molecule has 2 fully saturated rings. The summed E-state index contributed by atoms with van der Waals surface area (Å²) in [4.78, 5) is 2.58. The molecule has 0 atom stereocenters. The number of nitrogens with zero attached hydrogens (tertiary/aromatic N) is 1. The van der Waals surface area contributed by atoms with Gasteiger partial charge in [0, 0.05) is 36.2 Å². The maximum atomic E-state index is 5.34. The largest absolute Gasteiger partial charge is 0.497 e. The Hall–Kier alpha value is -0.580. The van der Waals surface area contributed by atoms with E-state index in [1.54, 1.807) is 7.11 Å². The molecule has 1 aromatic rings. The van der Waals surface area contributed by atoms with Gasteiger partial charge >= 0.3 is 0 Å². The topological polar surface area (TPSA) is 24.5 Å². The molecular weight excluding hydrogens is 316 g/mol. The molecule has 1 N–H and O–H groups in total. The van der Waals surface area contributed by atoms with E-state index in [0.29, 0.717) is 5.54 Å². The van der Waals surface area contributed by atoms with Crippen LogP contribution >= 0.6 is 15.9 Å². The molecule has 0 amide bonds. The lowest BCUT2D eigenvalue weighted by atomic mass is 9.94. The molecule has 0 radical (unpaired) electrons. The molecule has 20 heavy (non-hydrogen) atoms. The molecule has 2 aliphatic rings. The van der Waals surface area contributed by atoms with E-state index in [1.807, 2.05) is 6.07 Å². The molecule has 1 aromatic carbocycles. The van der Waals surface area contributed by atoms with Gasteiger partial charge in [-0.25, -0.2) is 0 Å². The van der Waals surface area contributed by atoms with Gasteiger partial charge in [0.1, 0.15) is 5.75 Å². The lowest BCUT2D eigenvalue weighted by molar-refractivity contribution is 0.128. The highest BCUT2D eigenvalue weighted by atomic mass is 79.9. The summed E-state index contributed by atoms with van der Waals surface area (Å²) in [6.45, 7) is 4.42. The average molecular weight is 339 g/mol. The van der Waals surface area contributed by atoms with Gasteiger partial charge < -0.3 is 10.1 Å². The third kappa shape index (κ3) is 3.02. The second kappa shape index (κ2) is 6.04. The van der Waals surface area contributed by atoms with E-state index in [1.165, 1.54) is 42.3 Å². The van der Waals surface area contributed by atoms with Gasteiger partial charge in [-0.2, -0.15) is 0 Å². The van der Waals surface area contributed by atoms with Gasteiger partial charge in [-0.3, -0.25) is 4.90 Å². The number of ether oxygens (including phenoxy) is 1. The Bertz CT molecular complexity index is 472. The van der Waals surface area contributed by atoms with Crippen LogP contribution in [-0.4, -0.2) is 37.2 Å². The summed E-state index contributed by atoms with van der Waals surface area (Å²) in [6.07, 6.45) is 5.43. The van der Waals surface area contributed by atoms with Crippen molar-refractivity contribution in [2.24, 2.45) is 0 Å². The summed E-state index contributed by atoms with van der Waals surface area (Å²) in [5.74, 6) is 0.939. The molecule has 1 aliphatic carbocycles. The zero-order chi connectivity index (χ0) is 14.0. The van der Waals surface area contributed by atoms with E-state index in [0.717, 1.165) is 25.4 Å². The van der Waals surface area contributed by atoms with Crippen LogP contribution in [-0.2, 0) is 6.54 Å². The molecule has 3 rings (SSSR count). The molecule has 1 spiro atoms. The maximum absolute atomic E-state index is 5.34. The van der Waals surface area contributed by atoms with Crippen LogP contribution in [0, 0.1) is 0 Å². The average Bonchev–Trinajstić information content (AvgIpc) is 2.89. The van der Waals surface area contributed by atoms with Gasteiger partial charge in [-0.05, 0) is 36.6 Å². The van der Waals surface area contributed by atoms with Crippen molar-refractivity contribution in [3.05, 3.63) is 28.2 Å². The third-order valence-corrected chi connectivity index (χ3v) is 5.44. The normalized spacial score (nSPS) is 22.3. The number of halogens is 1. The minimum atomic E-state index is 0.392. The first-order valence-electron chi connectivity index (χ1n) is 7.51. The van der Waals surface area contributed by atoms with Crippen LogP contribution < -0.4 is 10.1 Å². The summed E-state index contributed by atoms with van der Waals surface area (Å²) in [7, 11) is 1.73. The monoisotopic (exact) mass is 338 g/mol. The first kappa shape index (κ1) is 14.4. The van der Waals surface area contributed by atoms with E-state index in [9.17, 15) is 0 Å². The van der Waals surface area contributed by atoms with Crippen LogP contribution in [0.25, 0.3) is 0 Å². The van der Waals surface area contributed by atoms with Crippen molar-refractivity contribution in [3.8, 4) is 5.75 Å². The summed E-state index contributed by atoms with van der Waals surface area (Å²) < 4.78 is 6.52. The van der Waals surface area contributed by atoms with Gasteiger partial charge in [-0.15, -0.1) is 0 Å². The van der Waals surface area contributed by atoms with Crippen molar-refractivity contribution in [3.63, 3.8) is 0 Å². The molecule has 1 aliphatic heterocycles. The van der Waals surface area contributed by atoms with Gasteiger partial charge in [0.25, 0.3) is 0 Å². The Morgan fingerprint density at radius 3 is 2.90 bits per heavy atom. The Morgan fingerprint density at radius 1 is 1.35 bits per heavy atom. The van der Waals surface area contributed by atoms with Crippen molar-refractivity contribution in [2.75, 3.05) is 26.7 Å². The Balaban J connectivity index is 1.71. The van der Waals surface area contributed by atoms with Crippen LogP contribution in [0.3, 0.4) is 0 Å². The highest BCUT2D eigenvalue weighted by molar-refractivity contribution is 9.10. The van der Waals surface area contributed by atoms with Crippen LogP contribution in [0.15, 0.2) is 22.7 Å². The molecule has 110 valence electrons. The summed E-state index contributed by atoms with van der Waals surface area (Å²) in [5.41, 5.74) is 1.71.